The van der Waals surface area contributed by atoms with Gasteiger partial charge in [-0.15, -0.1) is 0 Å². The van der Waals surface area contributed by atoms with E-state index in [9.17, 15) is 14.4 Å². The summed E-state index contributed by atoms with van der Waals surface area (Å²) in [5.74, 6) is 0.0664. The van der Waals surface area contributed by atoms with Crippen LogP contribution in [0, 0.1) is 0 Å². The first-order chi connectivity index (χ1) is 15.6. The van der Waals surface area contributed by atoms with E-state index >= 15 is 0 Å². The molecule has 0 unspecified atom stereocenters. The number of rotatable bonds is 9. The number of hydrogen-bond acceptors (Lipinski definition) is 5. The van der Waals surface area contributed by atoms with Crippen LogP contribution in [0.1, 0.15) is 49.4 Å². The first-order valence-electron chi connectivity index (χ1n) is 11.1. The Kier molecular flexibility index (Phi) is 8.66. The third-order valence-corrected chi connectivity index (χ3v) is 5.52. The van der Waals surface area contributed by atoms with Gasteiger partial charge in [0.05, 0.1) is 0 Å². The van der Waals surface area contributed by atoms with Crippen molar-refractivity contribution in [1.29, 1.82) is 0 Å². The maximum absolute atomic E-state index is 12.5. The van der Waals surface area contributed by atoms with E-state index in [1.54, 1.807) is 29.2 Å². The van der Waals surface area contributed by atoms with Crippen molar-refractivity contribution in [2.45, 2.75) is 45.1 Å². The highest BCUT2D eigenvalue weighted by Gasteiger charge is 2.24. The van der Waals surface area contributed by atoms with E-state index < -0.39 is 11.9 Å². The summed E-state index contributed by atoms with van der Waals surface area (Å²) in [7, 11) is 0. The molecule has 32 heavy (non-hydrogen) atoms. The summed E-state index contributed by atoms with van der Waals surface area (Å²) >= 11 is 0. The summed E-state index contributed by atoms with van der Waals surface area (Å²) in [6, 6.07) is 16.2. The SMILES string of the molecule is CCN(C(=O)COC(=O)CNC(=O)c1ccc(Oc2ccccc2)cc1)C1CCCCC1. The highest BCUT2D eigenvalue weighted by molar-refractivity contribution is 5.96. The lowest BCUT2D eigenvalue weighted by atomic mass is 9.94. The van der Waals surface area contributed by atoms with Gasteiger partial charge in [-0.2, -0.15) is 0 Å². The maximum Gasteiger partial charge on any atom is 0.325 e. The molecule has 3 rings (SSSR count). The molecule has 0 radical (unpaired) electrons. The minimum Gasteiger partial charge on any atom is -0.457 e. The van der Waals surface area contributed by atoms with E-state index in [4.69, 9.17) is 9.47 Å². The van der Waals surface area contributed by atoms with Crippen LogP contribution in [0.2, 0.25) is 0 Å². The third-order valence-electron chi connectivity index (χ3n) is 5.52. The van der Waals surface area contributed by atoms with Crippen LogP contribution in [0.15, 0.2) is 54.6 Å². The van der Waals surface area contributed by atoms with Crippen molar-refractivity contribution >= 4 is 17.8 Å². The van der Waals surface area contributed by atoms with Gasteiger partial charge in [0.25, 0.3) is 11.8 Å². The summed E-state index contributed by atoms with van der Waals surface area (Å²) in [5, 5.41) is 2.52. The quantitative estimate of drug-likeness (QED) is 0.600. The normalized spacial score (nSPS) is 13.8. The van der Waals surface area contributed by atoms with Gasteiger partial charge in [-0.05, 0) is 56.2 Å². The van der Waals surface area contributed by atoms with Crippen LogP contribution in [0.5, 0.6) is 11.5 Å². The van der Waals surface area contributed by atoms with Crippen LogP contribution in [-0.4, -0.2) is 48.4 Å². The average molecular weight is 439 g/mol. The molecule has 2 amide bonds. The molecule has 1 saturated carbocycles. The number of benzene rings is 2. The second-order valence-corrected chi connectivity index (χ2v) is 7.75. The molecule has 1 fully saturated rings. The fraction of sp³-hybridized carbons (Fsp3) is 0.400. The monoisotopic (exact) mass is 438 g/mol. The number of para-hydroxylation sites is 1. The molecule has 170 valence electrons. The largest absolute Gasteiger partial charge is 0.457 e. The van der Waals surface area contributed by atoms with Crippen LogP contribution in [0.3, 0.4) is 0 Å². The third kappa shape index (κ3) is 6.83. The van der Waals surface area contributed by atoms with Crippen LogP contribution in [0.25, 0.3) is 0 Å². The van der Waals surface area contributed by atoms with Gasteiger partial charge in [0.1, 0.15) is 18.0 Å². The molecule has 0 heterocycles. The summed E-state index contributed by atoms with van der Waals surface area (Å²) < 4.78 is 10.8. The van der Waals surface area contributed by atoms with Gasteiger partial charge in [0.15, 0.2) is 6.61 Å². The first kappa shape index (κ1) is 23.3. The lowest BCUT2D eigenvalue weighted by Crippen LogP contribution is -2.43. The van der Waals surface area contributed by atoms with Gasteiger partial charge in [-0.25, -0.2) is 0 Å². The molecule has 1 N–H and O–H groups in total. The Balaban J connectivity index is 1.41. The minimum atomic E-state index is -0.643. The molecular formula is C25H30N2O5. The van der Waals surface area contributed by atoms with E-state index in [2.05, 4.69) is 5.32 Å². The summed E-state index contributed by atoms with van der Waals surface area (Å²) in [6.07, 6.45) is 5.45. The summed E-state index contributed by atoms with van der Waals surface area (Å²) in [4.78, 5) is 38.5. The van der Waals surface area contributed by atoms with Crippen LogP contribution < -0.4 is 10.1 Å². The Morgan fingerprint density at radius 1 is 0.938 bits per heavy atom. The fourth-order valence-corrected chi connectivity index (χ4v) is 3.86. The van der Waals surface area contributed by atoms with Crippen molar-refractivity contribution in [2.24, 2.45) is 0 Å². The molecule has 2 aromatic carbocycles. The predicted molar refractivity (Wildman–Crippen MR) is 121 cm³/mol. The van der Waals surface area contributed by atoms with Crippen LogP contribution >= 0.6 is 0 Å². The molecule has 0 atom stereocenters. The van der Waals surface area contributed by atoms with Gasteiger partial charge in [0.2, 0.25) is 0 Å². The first-order valence-corrected chi connectivity index (χ1v) is 11.1. The standard InChI is InChI=1S/C25H30N2O5/c1-2-27(20-9-5-3-6-10-20)23(28)18-31-24(29)17-26-25(30)19-13-15-22(16-14-19)32-21-11-7-4-8-12-21/h4,7-8,11-16,20H,2-3,5-6,9-10,17-18H2,1H3,(H,26,30). The van der Waals surface area contributed by atoms with E-state index in [0.717, 1.165) is 25.7 Å². The Labute approximate surface area is 188 Å². The van der Waals surface area contributed by atoms with Gasteiger partial charge in [-0.3, -0.25) is 14.4 Å². The Morgan fingerprint density at radius 2 is 1.59 bits per heavy atom. The molecular weight excluding hydrogens is 408 g/mol. The van der Waals surface area contributed by atoms with Gasteiger partial charge in [0, 0.05) is 18.2 Å². The van der Waals surface area contributed by atoms with Crippen molar-refractivity contribution < 1.29 is 23.9 Å². The minimum absolute atomic E-state index is 0.187. The number of nitrogens with one attached hydrogen (secondary N) is 1. The molecule has 0 spiro atoms. The Hall–Kier alpha value is -3.35. The zero-order chi connectivity index (χ0) is 22.8. The van der Waals surface area contributed by atoms with Gasteiger partial charge >= 0.3 is 5.97 Å². The van der Waals surface area contributed by atoms with Gasteiger partial charge in [-0.1, -0.05) is 37.5 Å². The van der Waals surface area contributed by atoms with Crippen molar-refractivity contribution in [1.82, 2.24) is 10.2 Å². The molecule has 7 nitrogen and oxygen atoms in total. The lowest BCUT2D eigenvalue weighted by molar-refractivity contribution is -0.152. The van der Waals surface area contributed by atoms with E-state index in [1.807, 2.05) is 37.3 Å². The summed E-state index contributed by atoms with van der Waals surface area (Å²) in [5.41, 5.74) is 0.392. The summed E-state index contributed by atoms with van der Waals surface area (Å²) in [6.45, 7) is 1.93. The smallest absolute Gasteiger partial charge is 0.325 e. The second-order valence-electron chi connectivity index (χ2n) is 7.75. The predicted octanol–water partition coefficient (Wildman–Crippen LogP) is 3.93. The van der Waals surface area contributed by atoms with Crippen LogP contribution in [-0.2, 0) is 14.3 Å². The Bertz CT molecular complexity index is 892. The molecule has 2 aromatic rings. The van der Waals surface area contributed by atoms with Gasteiger partial charge < -0.3 is 19.7 Å². The van der Waals surface area contributed by atoms with E-state index in [-0.39, 0.29) is 25.1 Å². The number of carbonyl (C=O) groups is 3. The number of amides is 2. The topological polar surface area (TPSA) is 84.9 Å². The van der Waals surface area contributed by atoms with Crippen molar-refractivity contribution in [3.63, 3.8) is 0 Å². The number of nitrogens with zero attached hydrogens (tertiary/aromatic N) is 1. The molecule has 0 aliphatic heterocycles. The molecule has 7 heteroatoms. The molecule has 1 aliphatic carbocycles. The number of hydrogen-bond donors (Lipinski definition) is 1. The maximum atomic E-state index is 12.5. The van der Waals surface area contributed by atoms with Crippen molar-refractivity contribution in [2.75, 3.05) is 19.7 Å². The zero-order valence-electron chi connectivity index (χ0n) is 18.4. The second kappa shape index (κ2) is 11.9. The van der Waals surface area contributed by atoms with Crippen molar-refractivity contribution in [3.05, 3.63) is 60.2 Å². The highest BCUT2D eigenvalue weighted by atomic mass is 16.5. The molecule has 0 aromatic heterocycles. The highest BCUT2D eigenvalue weighted by Crippen LogP contribution is 2.23. The number of esters is 1. The van der Waals surface area contributed by atoms with Crippen molar-refractivity contribution in [3.8, 4) is 11.5 Å². The number of likely N-dealkylation sites (N-methyl/N-ethyl adjacent to an activating group) is 1. The molecule has 0 bridgehead atoms. The molecule has 0 saturated heterocycles. The Morgan fingerprint density at radius 3 is 2.25 bits per heavy atom. The lowest BCUT2D eigenvalue weighted by Gasteiger charge is -2.33. The van der Waals surface area contributed by atoms with E-state index in [1.165, 1.54) is 6.42 Å². The zero-order valence-corrected chi connectivity index (χ0v) is 18.4. The number of carbonyl (C=O) groups excluding carboxylic acids is 3. The number of ether oxygens (including phenoxy) is 2. The van der Waals surface area contributed by atoms with Crippen LogP contribution in [0.4, 0.5) is 0 Å². The average Bonchev–Trinajstić information content (AvgIpc) is 2.83. The fourth-order valence-electron chi connectivity index (χ4n) is 3.86. The molecule has 1 aliphatic rings. The van der Waals surface area contributed by atoms with E-state index in [0.29, 0.717) is 23.6 Å².